The zero-order chi connectivity index (χ0) is 17.5. The van der Waals surface area contributed by atoms with Crippen molar-refractivity contribution in [3.8, 4) is 0 Å². The molecule has 2 N–H and O–H groups in total. The molecule has 0 aromatic heterocycles. The topological polar surface area (TPSA) is 58.1 Å². The maximum Gasteiger partial charge on any atom is 0.191 e. The van der Waals surface area contributed by atoms with Crippen molar-refractivity contribution in [2.45, 2.75) is 45.3 Å². The highest BCUT2D eigenvalue weighted by molar-refractivity contribution is 5.80. The molecule has 0 amide bonds. The van der Waals surface area contributed by atoms with Gasteiger partial charge < -0.3 is 25.0 Å². The van der Waals surface area contributed by atoms with Gasteiger partial charge in [-0.1, -0.05) is 13.8 Å². The van der Waals surface area contributed by atoms with Crippen molar-refractivity contribution in [1.82, 2.24) is 15.5 Å². The van der Waals surface area contributed by atoms with Crippen molar-refractivity contribution in [3.63, 3.8) is 0 Å². The molecule has 0 aromatic rings. The minimum absolute atomic E-state index is 0.0644. The number of methoxy groups -OCH3 is 2. The summed E-state index contributed by atoms with van der Waals surface area (Å²) in [6, 6.07) is 0.373. The molecule has 2 unspecified atom stereocenters. The Hall–Kier alpha value is -0.850. The van der Waals surface area contributed by atoms with E-state index in [9.17, 15) is 0 Å². The predicted octanol–water partition coefficient (Wildman–Crippen LogP) is 1.32. The molecule has 0 spiro atoms. The molecule has 0 saturated heterocycles. The lowest BCUT2D eigenvalue weighted by Crippen LogP contribution is -2.69. The summed E-state index contributed by atoms with van der Waals surface area (Å²) in [7, 11) is 7.49. The molecule has 2 atom stereocenters. The van der Waals surface area contributed by atoms with E-state index in [0.29, 0.717) is 6.04 Å². The SMILES string of the molecule is CN=C(NCCN(C)CCCOC)NC1CC(C)(OC)C1(C)C. The van der Waals surface area contributed by atoms with Crippen LogP contribution in [0.25, 0.3) is 0 Å². The molecule has 0 heterocycles. The van der Waals surface area contributed by atoms with E-state index >= 15 is 0 Å². The maximum absolute atomic E-state index is 5.68. The zero-order valence-corrected chi connectivity index (χ0v) is 16.0. The number of hydrogen-bond acceptors (Lipinski definition) is 4. The molecule has 6 heteroatoms. The van der Waals surface area contributed by atoms with Gasteiger partial charge in [-0.2, -0.15) is 0 Å². The third-order valence-corrected chi connectivity index (χ3v) is 5.49. The Balaban J connectivity index is 2.31. The van der Waals surface area contributed by atoms with Crippen LogP contribution in [0.2, 0.25) is 0 Å². The van der Waals surface area contributed by atoms with Gasteiger partial charge in [0.2, 0.25) is 0 Å². The van der Waals surface area contributed by atoms with Crippen LogP contribution >= 0.6 is 0 Å². The molecular formula is C17H36N4O2. The van der Waals surface area contributed by atoms with Crippen molar-refractivity contribution in [3.05, 3.63) is 0 Å². The fourth-order valence-electron chi connectivity index (χ4n) is 3.04. The summed E-state index contributed by atoms with van der Waals surface area (Å²) in [5, 5.41) is 6.93. The first-order valence-corrected chi connectivity index (χ1v) is 8.50. The fourth-order valence-corrected chi connectivity index (χ4v) is 3.04. The molecule has 1 aliphatic carbocycles. The second kappa shape index (κ2) is 8.85. The van der Waals surface area contributed by atoms with Crippen LogP contribution in [0, 0.1) is 5.41 Å². The van der Waals surface area contributed by atoms with Crippen molar-refractivity contribution in [1.29, 1.82) is 0 Å². The average Bonchev–Trinajstić information content (AvgIpc) is 2.52. The molecule has 1 rings (SSSR count). The lowest BCUT2D eigenvalue weighted by Gasteiger charge is -2.59. The molecule has 0 radical (unpaired) electrons. The van der Waals surface area contributed by atoms with Crippen LogP contribution in [0.15, 0.2) is 4.99 Å². The van der Waals surface area contributed by atoms with E-state index in [2.05, 4.69) is 48.3 Å². The van der Waals surface area contributed by atoms with Crippen molar-refractivity contribution < 1.29 is 9.47 Å². The van der Waals surface area contributed by atoms with E-state index in [0.717, 1.165) is 45.0 Å². The Morgan fingerprint density at radius 2 is 1.96 bits per heavy atom. The highest BCUT2D eigenvalue weighted by Gasteiger charge is 2.58. The second-order valence-corrected chi connectivity index (χ2v) is 7.21. The number of hydrogen-bond donors (Lipinski definition) is 2. The Labute approximate surface area is 142 Å². The number of ether oxygens (including phenoxy) is 2. The molecule has 136 valence electrons. The van der Waals surface area contributed by atoms with E-state index < -0.39 is 0 Å². The average molecular weight is 329 g/mol. The van der Waals surface area contributed by atoms with Gasteiger partial charge in [-0.3, -0.25) is 4.99 Å². The molecule has 23 heavy (non-hydrogen) atoms. The number of rotatable bonds is 9. The van der Waals surface area contributed by atoms with Crippen LogP contribution in [0.3, 0.4) is 0 Å². The van der Waals surface area contributed by atoms with E-state index in [1.165, 1.54) is 0 Å². The molecule has 6 nitrogen and oxygen atoms in total. The molecule has 0 bridgehead atoms. The standard InChI is InChI=1S/C17H36N4O2/c1-16(2)14(13-17(16,3)23-7)20-15(18-4)19-9-11-21(5)10-8-12-22-6/h14H,8-13H2,1-7H3,(H2,18,19,20). The largest absolute Gasteiger partial charge is 0.385 e. The van der Waals surface area contributed by atoms with Crippen LogP contribution in [-0.4, -0.2) is 77.1 Å². The quantitative estimate of drug-likeness (QED) is 0.380. The summed E-state index contributed by atoms with van der Waals surface area (Å²) in [5.41, 5.74) is 0.0153. The monoisotopic (exact) mass is 328 g/mol. The minimum Gasteiger partial charge on any atom is -0.385 e. The van der Waals surface area contributed by atoms with Gasteiger partial charge in [-0.25, -0.2) is 0 Å². The molecule has 0 aromatic carbocycles. The van der Waals surface area contributed by atoms with Crippen LogP contribution in [0.4, 0.5) is 0 Å². The third-order valence-electron chi connectivity index (χ3n) is 5.49. The number of likely N-dealkylation sites (N-methyl/N-ethyl adjacent to an activating group) is 1. The highest BCUT2D eigenvalue weighted by Crippen LogP contribution is 2.51. The second-order valence-electron chi connectivity index (χ2n) is 7.21. The lowest BCUT2D eigenvalue weighted by molar-refractivity contribution is -0.176. The Kier molecular flexibility index (Phi) is 7.77. The van der Waals surface area contributed by atoms with Crippen LogP contribution in [0.5, 0.6) is 0 Å². The maximum atomic E-state index is 5.68. The van der Waals surface area contributed by atoms with Crippen LogP contribution in [0.1, 0.15) is 33.6 Å². The number of aliphatic imine (C=N–C) groups is 1. The van der Waals surface area contributed by atoms with Crippen molar-refractivity contribution in [2.24, 2.45) is 10.4 Å². The van der Waals surface area contributed by atoms with E-state index in [1.54, 1.807) is 14.2 Å². The number of nitrogens with one attached hydrogen (secondary N) is 2. The van der Waals surface area contributed by atoms with E-state index in [1.807, 2.05) is 7.05 Å². The first-order chi connectivity index (χ1) is 10.8. The van der Waals surface area contributed by atoms with Gasteiger partial charge in [0, 0.05) is 59.0 Å². The highest BCUT2D eigenvalue weighted by atomic mass is 16.5. The summed E-state index contributed by atoms with van der Waals surface area (Å²) in [5.74, 6) is 0.867. The molecule has 1 saturated carbocycles. The van der Waals surface area contributed by atoms with Gasteiger partial charge in [0.1, 0.15) is 0 Å². The Morgan fingerprint density at radius 1 is 1.26 bits per heavy atom. The van der Waals surface area contributed by atoms with Crippen molar-refractivity contribution in [2.75, 3.05) is 54.6 Å². The Bertz CT molecular complexity index is 387. The van der Waals surface area contributed by atoms with Crippen LogP contribution < -0.4 is 10.6 Å². The van der Waals surface area contributed by atoms with Gasteiger partial charge in [0.15, 0.2) is 5.96 Å². The lowest BCUT2D eigenvalue weighted by atomic mass is 9.56. The van der Waals surface area contributed by atoms with Gasteiger partial charge in [0.05, 0.1) is 5.60 Å². The summed E-state index contributed by atoms with van der Waals surface area (Å²) in [4.78, 5) is 6.64. The molecule has 0 aliphatic heterocycles. The van der Waals surface area contributed by atoms with Crippen LogP contribution in [-0.2, 0) is 9.47 Å². The first kappa shape index (κ1) is 20.2. The normalized spacial score (nSPS) is 27.0. The third kappa shape index (κ3) is 5.06. The fraction of sp³-hybridized carbons (Fsp3) is 0.941. The predicted molar refractivity (Wildman–Crippen MR) is 96.1 cm³/mol. The summed E-state index contributed by atoms with van der Waals surface area (Å²) >= 11 is 0. The Morgan fingerprint density at radius 3 is 2.48 bits per heavy atom. The van der Waals surface area contributed by atoms with Gasteiger partial charge in [0.25, 0.3) is 0 Å². The minimum atomic E-state index is -0.0644. The number of guanidine groups is 1. The summed E-state index contributed by atoms with van der Waals surface area (Å²) in [6.07, 6.45) is 2.06. The molecule has 1 aliphatic rings. The molecule has 1 fully saturated rings. The number of nitrogens with zero attached hydrogens (tertiary/aromatic N) is 2. The van der Waals surface area contributed by atoms with Gasteiger partial charge >= 0.3 is 0 Å². The van der Waals surface area contributed by atoms with Gasteiger partial charge in [-0.15, -0.1) is 0 Å². The van der Waals surface area contributed by atoms with E-state index in [-0.39, 0.29) is 11.0 Å². The van der Waals surface area contributed by atoms with Gasteiger partial charge in [-0.05, 0) is 26.8 Å². The van der Waals surface area contributed by atoms with E-state index in [4.69, 9.17) is 9.47 Å². The zero-order valence-electron chi connectivity index (χ0n) is 16.0. The molecular weight excluding hydrogens is 292 g/mol. The smallest absolute Gasteiger partial charge is 0.191 e. The van der Waals surface area contributed by atoms with Crippen molar-refractivity contribution >= 4 is 5.96 Å². The summed E-state index contributed by atoms with van der Waals surface area (Å²) < 4.78 is 10.8. The first-order valence-electron chi connectivity index (χ1n) is 8.50. The summed E-state index contributed by atoms with van der Waals surface area (Å²) in [6.45, 7) is 10.4.